The minimum atomic E-state index is 0.342. The number of benzene rings is 3. The van der Waals surface area contributed by atoms with Crippen LogP contribution >= 0.6 is 0 Å². The van der Waals surface area contributed by atoms with Gasteiger partial charge in [-0.25, -0.2) is 0 Å². The third kappa shape index (κ3) is 1.70. The minimum absolute atomic E-state index is 0.342. The van der Waals surface area contributed by atoms with E-state index in [-0.39, 0.29) is 0 Å². The van der Waals surface area contributed by atoms with Gasteiger partial charge in [0, 0.05) is 52.5 Å². The zero-order valence-electron chi connectivity index (χ0n) is 15.4. The van der Waals surface area contributed by atoms with Crippen LogP contribution in [0.4, 0.5) is 5.69 Å². The van der Waals surface area contributed by atoms with Crippen LogP contribution in [0.25, 0.3) is 44.6 Å². The van der Waals surface area contributed by atoms with Crippen molar-refractivity contribution in [2.75, 3.05) is 11.9 Å². The standard InChI is InChI=1S/C25H17NO2/c1-26-20-8-4-2-6-14(20)16-10-18-19-11-17-15-7-3-5-9-22(15)27-24(17)13-25(19)28-23(18)12-21(16)26/h2-11,13,21H,12H2,1H3. The summed E-state index contributed by atoms with van der Waals surface area (Å²) in [7, 11) is 2.18. The molecule has 2 aliphatic rings. The average Bonchev–Trinajstić information content (AvgIpc) is 3.35. The van der Waals surface area contributed by atoms with Crippen molar-refractivity contribution in [3.8, 4) is 0 Å². The molecule has 1 aliphatic heterocycles. The number of rotatable bonds is 0. The molecule has 0 N–H and O–H groups in total. The van der Waals surface area contributed by atoms with Gasteiger partial charge in [0.25, 0.3) is 0 Å². The van der Waals surface area contributed by atoms with E-state index in [9.17, 15) is 0 Å². The van der Waals surface area contributed by atoms with Crippen LogP contribution in [0.2, 0.25) is 0 Å². The predicted octanol–water partition coefficient (Wildman–Crippen LogP) is 6.25. The van der Waals surface area contributed by atoms with E-state index < -0.39 is 0 Å². The van der Waals surface area contributed by atoms with Gasteiger partial charge in [-0.1, -0.05) is 36.4 Å². The van der Waals surface area contributed by atoms with Crippen molar-refractivity contribution in [1.29, 1.82) is 0 Å². The number of para-hydroxylation sites is 2. The second-order valence-corrected chi connectivity index (χ2v) is 7.83. The highest BCUT2D eigenvalue weighted by Gasteiger charge is 2.36. The zero-order valence-corrected chi connectivity index (χ0v) is 15.4. The molecule has 134 valence electrons. The monoisotopic (exact) mass is 363 g/mol. The van der Waals surface area contributed by atoms with E-state index in [0.29, 0.717) is 6.04 Å². The normalized spacial score (nSPS) is 17.8. The molecule has 0 saturated carbocycles. The van der Waals surface area contributed by atoms with E-state index >= 15 is 0 Å². The maximum atomic E-state index is 6.32. The molecule has 0 radical (unpaired) electrons. The highest BCUT2D eigenvalue weighted by molar-refractivity contribution is 6.12. The van der Waals surface area contributed by atoms with Crippen LogP contribution in [0, 0.1) is 0 Å². The fourth-order valence-corrected chi connectivity index (χ4v) is 5.03. The quantitative estimate of drug-likeness (QED) is 0.326. The third-order valence-corrected chi connectivity index (χ3v) is 6.40. The largest absolute Gasteiger partial charge is 0.460 e. The molecule has 0 bridgehead atoms. The third-order valence-electron chi connectivity index (χ3n) is 6.40. The summed E-state index contributed by atoms with van der Waals surface area (Å²) in [4.78, 5) is 2.37. The molecule has 3 heterocycles. The Morgan fingerprint density at radius 3 is 2.61 bits per heavy atom. The van der Waals surface area contributed by atoms with Gasteiger partial charge in [-0.2, -0.15) is 0 Å². The van der Waals surface area contributed by atoms with Crippen LogP contribution in [0.5, 0.6) is 0 Å². The van der Waals surface area contributed by atoms with Crippen LogP contribution in [-0.2, 0) is 6.42 Å². The summed E-state index contributed by atoms with van der Waals surface area (Å²) in [5, 5.41) is 3.48. The van der Waals surface area contributed by atoms with E-state index in [1.54, 1.807) is 0 Å². The Morgan fingerprint density at radius 1 is 0.821 bits per heavy atom. The van der Waals surface area contributed by atoms with Crippen molar-refractivity contribution in [1.82, 2.24) is 0 Å². The topological polar surface area (TPSA) is 29.5 Å². The number of hydrogen-bond acceptors (Lipinski definition) is 3. The Labute approximate surface area is 161 Å². The van der Waals surface area contributed by atoms with Crippen LogP contribution < -0.4 is 4.90 Å². The fraction of sp³-hybridized carbons (Fsp3) is 0.120. The molecule has 2 aromatic heterocycles. The molecule has 0 amide bonds. The van der Waals surface area contributed by atoms with Gasteiger partial charge < -0.3 is 13.7 Å². The van der Waals surface area contributed by atoms with Gasteiger partial charge >= 0.3 is 0 Å². The Morgan fingerprint density at radius 2 is 1.64 bits per heavy atom. The molecule has 0 saturated heterocycles. The molecule has 0 spiro atoms. The lowest BCUT2D eigenvalue weighted by atomic mass is 9.90. The summed E-state index contributed by atoms with van der Waals surface area (Å²) in [6.07, 6.45) is 3.23. The summed E-state index contributed by atoms with van der Waals surface area (Å²) in [6, 6.07) is 21.5. The minimum Gasteiger partial charge on any atom is -0.460 e. The summed E-state index contributed by atoms with van der Waals surface area (Å²) in [5.41, 5.74) is 7.97. The predicted molar refractivity (Wildman–Crippen MR) is 114 cm³/mol. The molecule has 1 unspecified atom stereocenters. The SMILES string of the molecule is CN1c2ccccc2C2=Cc3c(oc4cc5oc6ccccc6c5cc34)CC21. The Kier molecular flexibility index (Phi) is 2.54. The first-order valence-electron chi connectivity index (χ1n) is 9.68. The highest BCUT2D eigenvalue weighted by Crippen LogP contribution is 2.47. The van der Waals surface area contributed by atoms with E-state index in [0.717, 1.165) is 39.7 Å². The number of hydrogen-bond donors (Lipinski definition) is 0. The number of furan rings is 2. The Balaban J connectivity index is 1.52. The van der Waals surface area contributed by atoms with Crippen molar-refractivity contribution >= 4 is 50.2 Å². The van der Waals surface area contributed by atoms with Crippen molar-refractivity contribution in [2.45, 2.75) is 12.5 Å². The zero-order chi connectivity index (χ0) is 18.4. The summed E-state index contributed by atoms with van der Waals surface area (Å²) >= 11 is 0. The first kappa shape index (κ1) is 14.6. The van der Waals surface area contributed by atoms with Gasteiger partial charge in [0.1, 0.15) is 22.5 Å². The Bertz CT molecular complexity index is 1470. The maximum Gasteiger partial charge on any atom is 0.139 e. The van der Waals surface area contributed by atoms with E-state index in [1.807, 2.05) is 12.1 Å². The van der Waals surface area contributed by atoms with Crippen molar-refractivity contribution in [3.05, 3.63) is 77.6 Å². The Hall–Kier alpha value is -3.46. The lowest BCUT2D eigenvalue weighted by Gasteiger charge is -2.25. The summed E-state index contributed by atoms with van der Waals surface area (Å²) in [6.45, 7) is 0. The molecular formula is C25H17NO2. The lowest BCUT2D eigenvalue weighted by Crippen LogP contribution is -2.30. The van der Waals surface area contributed by atoms with E-state index in [4.69, 9.17) is 8.83 Å². The number of likely N-dealkylation sites (N-methyl/N-ethyl adjacent to an activating group) is 1. The van der Waals surface area contributed by atoms with E-state index in [2.05, 4.69) is 66.6 Å². The lowest BCUT2D eigenvalue weighted by molar-refractivity contribution is 0.531. The smallest absolute Gasteiger partial charge is 0.139 e. The molecule has 28 heavy (non-hydrogen) atoms. The van der Waals surface area contributed by atoms with Crippen LogP contribution in [0.3, 0.4) is 0 Å². The molecule has 0 fully saturated rings. The molecule has 3 aromatic carbocycles. The second-order valence-electron chi connectivity index (χ2n) is 7.83. The van der Waals surface area contributed by atoms with Crippen molar-refractivity contribution in [3.63, 3.8) is 0 Å². The van der Waals surface area contributed by atoms with Crippen LogP contribution in [-0.4, -0.2) is 13.1 Å². The molecule has 1 atom stereocenters. The highest BCUT2D eigenvalue weighted by atomic mass is 16.3. The van der Waals surface area contributed by atoms with Crippen LogP contribution in [0.15, 0.2) is 69.5 Å². The average molecular weight is 363 g/mol. The van der Waals surface area contributed by atoms with Gasteiger partial charge in [-0.15, -0.1) is 0 Å². The van der Waals surface area contributed by atoms with Crippen LogP contribution in [0.1, 0.15) is 16.9 Å². The number of nitrogens with zero attached hydrogens (tertiary/aromatic N) is 1. The first-order chi connectivity index (χ1) is 13.8. The molecule has 3 nitrogen and oxygen atoms in total. The molecule has 5 aromatic rings. The molecule has 1 aliphatic carbocycles. The summed E-state index contributed by atoms with van der Waals surface area (Å²) in [5.74, 6) is 1.07. The first-order valence-corrected chi connectivity index (χ1v) is 9.68. The van der Waals surface area contributed by atoms with Gasteiger partial charge in [0.05, 0.1) is 6.04 Å². The van der Waals surface area contributed by atoms with Crippen molar-refractivity contribution in [2.24, 2.45) is 0 Å². The van der Waals surface area contributed by atoms with Gasteiger partial charge in [0.2, 0.25) is 0 Å². The second kappa shape index (κ2) is 4.87. The summed E-state index contributed by atoms with van der Waals surface area (Å²) < 4.78 is 12.4. The van der Waals surface area contributed by atoms with Crippen molar-refractivity contribution < 1.29 is 8.83 Å². The fourth-order valence-electron chi connectivity index (χ4n) is 5.03. The molecule has 7 rings (SSSR count). The number of fused-ring (bicyclic) bond motifs is 9. The molecular weight excluding hydrogens is 346 g/mol. The van der Waals surface area contributed by atoms with Gasteiger partial charge in [0.15, 0.2) is 0 Å². The van der Waals surface area contributed by atoms with Gasteiger partial charge in [-0.05, 0) is 29.8 Å². The van der Waals surface area contributed by atoms with Gasteiger partial charge in [-0.3, -0.25) is 0 Å². The number of anilines is 1. The maximum absolute atomic E-state index is 6.32. The molecule has 3 heteroatoms. The van der Waals surface area contributed by atoms with E-state index in [1.165, 1.54) is 27.8 Å².